The predicted molar refractivity (Wildman–Crippen MR) is 125 cm³/mol. The summed E-state index contributed by atoms with van der Waals surface area (Å²) in [5.74, 6) is 2.26. The highest BCUT2D eigenvalue weighted by molar-refractivity contribution is 6.13. The van der Waals surface area contributed by atoms with Crippen molar-refractivity contribution in [2.45, 2.75) is 20.8 Å². The zero-order chi connectivity index (χ0) is 22.0. The third-order valence-corrected chi connectivity index (χ3v) is 6.12. The average molecular weight is 425 g/mol. The summed E-state index contributed by atoms with van der Waals surface area (Å²) in [5.41, 5.74) is 7.75. The van der Waals surface area contributed by atoms with E-state index in [1.807, 2.05) is 20.8 Å². The second kappa shape index (κ2) is 6.82. The number of benzene rings is 2. The number of aryl methyl sites for hydroxylation is 3. The number of aromatic amines is 1. The van der Waals surface area contributed by atoms with E-state index in [9.17, 15) is 0 Å². The van der Waals surface area contributed by atoms with Crippen LogP contribution in [0.15, 0.2) is 40.9 Å². The average Bonchev–Trinajstić information content (AvgIpc) is 3.51. The molecule has 0 radical (unpaired) electrons. The van der Waals surface area contributed by atoms with Gasteiger partial charge in [-0.25, -0.2) is 9.97 Å². The summed E-state index contributed by atoms with van der Waals surface area (Å²) in [5, 5.41) is 6.14. The van der Waals surface area contributed by atoms with Crippen LogP contribution in [0.2, 0.25) is 0 Å². The first-order valence-electron chi connectivity index (χ1n) is 10.7. The van der Waals surface area contributed by atoms with Crippen LogP contribution < -0.4 is 9.64 Å². The molecule has 0 saturated carbocycles. The molecule has 5 aromatic rings. The standard InChI is InChI=1S/C25H23N5O2/c1-13-22(14(2)32-29-13)19-11-20-18(12-21(19)31-4)23-24(26-15(3)27-25(23)28-20)16-6-5-7-17(10-16)30-8-9-30/h5-7,10-12H,8-9H2,1-4H3,(H,26,27,28). The van der Waals surface area contributed by atoms with Crippen molar-refractivity contribution in [3.05, 3.63) is 53.7 Å². The Bertz CT molecular complexity index is 1490. The number of ether oxygens (including phenoxy) is 1. The van der Waals surface area contributed by atoms with Crippen molar-refractivity contribution in [1.82, 2.24) is 20.1 Å². The highest BCUT2D eigenvalue weighted by atomic mass is 16.5. The van der Waals surface area contributed by atoms with Crippen LogP contribution in [0.3, 0.4) is 0 Å². The lowest BCUT2D eigenvalue weighted by Gasteiger charge is -2.10. The molecule has 7 nitrogen and oxygen atoms in total. The zero-order valence-electron chi connectivity index (χ0n) is 18.5. The molecule has 1 fully saturated rings. The molecule has 160 valence electrons. The molecule has 0 bridgehead atoms. The number of aromatic nitrogens is 4. The molecule has 3 aromatic heterocycles. The molecule has 0 atom stereocenters. The van der Waals surface area contributed by atoms with E-state index in [2.05, 4.69) is 51.4 Å². The molecule has 1 N–H and O–H groups in total. The van der Waals surface area contributed by atoms with Crippen LogP contribution in [0.5, 0.6) is 5.75 Å². The molecule has 32 heavy (non-hydrogen) atoms. The molecule has 1 aliphatic heterocycles. The van der Waals surface area contributed by atoms with Crippen LogP contribution in [0.4, 0.5) is 5.69 Å². The maximum Gasteiger partial charge on any atom is 0.142 e. The molecule has 4 heterocycles. The van der Waals surface area contributed by atoms with Gasteiger partial charge in [0.25, 0.3) is 0 Å². The number of hydrogen-bond donors (Lipinski definition) is 1. The van der Waals surface area contributed by atoms with E-state index < -0.39 is 0 Å². The Morgan fingerprint density at radius 2 is 1.91 bits per heavy atom. The fourth-order valence-electron chi connectivity index (χ4n) is 4.53. The number of rotatable bonds is 4. The van der Waals surface area contributed by atoms with Gasteiger partial charge in [-0.2, -0.15) is 0 Å². The van der Waals surface area contributed by atoms with E-state index in [-0.39, 0.29) is 0 Å². The Morgan fingerprint density at radius 3 is 2.62 bits per heavy atom. The van der Waals surface area contributed by atoms with Gasteiger partial charge in [0.1, 0.15) is 23.0 Å². The fraction of sp³-hybridized carbons (Fsp3) is 0.240. The van der Waals surface area contributed by atoms with Gasteiger partial charge in [0.05, 0.1) is 29.4 Å². The summed E-state index contributed by atoms with van der Waals surface area (Å²) in [4.78, 5) is 15.4. The Labute approximate surface area is 185 Å². The number of hydrogen-bond acceptors (Lipinski definition) is 6. The van der Waals surface area contributed by atoms with Crippen molar-refractivity contribution in [3.63, 3.8) is 0 Å². The van der Waals surface area contributed by atoms with Crippen molar-refractivity contribution in [2.75, 3.05) is 25.1 Å². The van der Waals surface area contributed by atoms with Crippen LogP contribution in [-0.2, 0) is 0 Å². The van der Waals surface area contributed by atoms with Gasteiger partial charge < -0.3 is 19.1 Å². The first-order chi connectivity index (χ1) is 15.5. The van der Waals surface area contributed by atoms with Gasteiger partial charge in [-0.05, 0) is 45.0 Å². The highest BCUT2D eigenvalue weighted by Crippen LogP contribution is 2.41. The molecular weight excluding hydrogens is 402 g/mol. The molecule has 0 aliphatic carbocycles. The van der Waals surface area contributed by atoms with Gasteiger partial charge in [-0.3, -0.25) is 0 Å². The first kappa shape index (κ1) is 18.9. The smallest absolute Gasteiger partial charge is 0.142 e. The maximum atomic E-state index is 5.80. The van der Waals surface area contributed by atoms with E-state index in [1.165, 1.54) is 5.69 Å². The number of methoxy groups -OCH3 is 1. The molecule has 1 saturated heterocycles. The van der Waals surface area contributed by atoms with Gasteiger partial charge >= 0.3 is 0 Å². The summed E-state index contributed by atoms with van der Waals surface area (Å²) >= 11 is 0. The summed E-state index contributed by atoms with van der Waals surface area (Å²) in [6, 6.07) is 12.7. The lowest BCUT2D eigenvalue weighted by atomic mass is 9.99. The summed E-state index contributed by atoms with van der Waals surface area (Å²) in [7, 11) is 1.69. The number of H-pyrrole nitrogens is 1. The van der Waals surface area contributed by atoms with E-state index in [1.54, 1.807) is 7.11 Å². The van der Waals surface area contributed by atoms with Gasteiger partial charge in [-0.15, -0.1) is 0 Å². The monoisotopic (exact) mass is 425 g/mol. The van der Waals surface area contributed by atoms with Gasteiger partial charge in [0.15, 0.2) is 0 Å². The molecular formula is C25H23N5O2. The number of anilines is 1. The van der Waals surface area contributed by atoms with Crippen LogP contribution >= 0.6 is 0 Å². The van der Waals surface area contributed by atoms with Crippen molar-refractivity contribution in [3.8, 4) is 28.1 Å². The van der Waals surface area contributed by atoms with E-state index in [0.717, 1.165) is 80.4 Å². The molecule has 2 aromatic carbocycles. The Balaban J connectivity index is 1.64. The molecule has 0 unspecified atom stereocenters. The lowest BCUT2D eigenvalue weighted by Crippen LogP contribution is -1.95. The van der Waals surface area contributed by atoms with Gasteiger partial charge in [0, 0.05) is 40.8 Å². The third kappa shape index (κ3) is 2.85. The maximum absolute atomic E-state index is 5.80. The third-order valence-electron chi connectivity index (χ3n) is 6.12. The minimum atomic E-state index is 0.731. The van der Waals surface area contributed by atoms with Crippen molar-refractivity contribution in [2.24, 2.45) is 0 Å². The molecule has 6 rings (SSSR count). The second-order valence-electron chi connectivity index (χ2n) is 8.30. The van der Waals surface area contributed by atoms with Gasteiger partial charge in [0.2, 0.25) is 0 Å². The molecule has 1 aliphatic rings. The van der Waals surface area contributed by atoms with Crippen molar-refractivity contribution >= 4 is 27.6 Å². The summed E-state index contributed by atoms with van der Waals surface area (Å²) < 4.78 is 11.2. The molecule has 0 spiro atoms. The lowest BCUT2D eigenvalue weighted by molar-refractivity contribution is 0.393. The number of fused-ring (bicyclic) bond motifs is 3. The Hall–Kier alpha value is -3.87. The van der Waals surface area contributed by atoms with E-state index in [0.29, 0.717) is 0 Å². The topological polar surface area (TPSA) is 79.8 Å². The van der Waals surface area contributed by atoms with Crippen LogP contribution in [0, 0.1) is 20.8 Å². The van der Waals surface area contributed by atoms with E-state index >= 15 is 0 Å². The van der Waals surface area contributed by atoms with Crippen LogP contribution in [-0.4, -0.2) is 40.3 Å². The Morgan fingerprint density at radius 1 is 1.06 bits per heavy atom. The van der Waals surface area contributed by atoms with Crippen molar-refractivity contribution < 1.29 is 9.26 Å². The quantitative estimate of drug-likeness (QED) is 0.399. The van der Waals surface area contributed by atoms with Crippen LogP contribution in [0.25, 0.3) is 44.3 Å². The first-order valence-corrected chi connectivity index (χ1v) is 10.7. The largest absolute Gasteiger partial charge is 0.496 e. The number of nitrogens with one attached hydrogen (secondary N) is 1. The minimum absolute atomic E-state index is 0.731. The van der Waals surface area contributed by atoms with Crippen LogP contribution in [0.1, 0.15) is 17.3 Å². The fourth-order valence-corrected chi connectivity index (χ4v) is 4.53. The minimum Gasteiger partial charge on any atom is -0.496 e. The Kier molecular flexibility index (Phi) is 4.02. The summed E-state index contributed by atoms with van der Waals surface area (Å²) in [6.07, 6.45) is 0. The second-order valence-corrected chi connectivity index (χ2v) is 8.30. The van der Waals surface area contributed by atoms with Gasteiger partial charge in [-0.1, -0.05) is 17.3 Å². The molecule has 7 heteroatoms. The van der Waals surface area contributed by atoms with E-state index in [4.69, 9.17) is 19.2 Å². The summed E-state index contributed by atoms with van der Waals surface area (Å²) in [6.45, 7) is 8.00. The number of nitrogens with zero attached hydrogens (tertiary/aromatic N) is 4. The highest BCUT2D eigenvalue weighted by Gasteiger charge is 2.22. The molecule has 0 amide bonds. The zero-order valence-corrected chi connectivity index (χ0v) is 18.5. The predicted octanol–water partition coefficient (Wildman–Crippen LogP) is 5.19. The normalized spacial score (nSPS) is 13.3. The SMILES string of the molecule is COc1cc2c(cc1-c1c(C)noc1C)[nH]c1nc(C)nc(-c3cccc(N4CC4)c3)c12. The van der Waals surface area contributed by atoms with Crippen molar-refractivity contribution in [1.29, 1.82) is 0 Å².